The number of rotatable bonds is 7. The van der Waals surface area contributed by atoms with Crippen molar-refractivity contribution >= 4 is 56.8 Å². The van der Waals surface area contributed by atoms with E-state index in [1.54, 1.807) is 6.07 Å². The second kappa shape index (κ2) is 10.3. The molecule has 0 aliphatic rings. The van der Waals surface area contributed by atoms with Crippen LogP contribution in [0.5, 0.6) is 0 Å². The smallest absolute Gasteiger partial charge is 0.255 e. The minimum Gasteiger partial charge on any atom is -0.341 e. The van der Waals surface area contributed by atoms with Gasteiger partial charge >= 0.3 is 0 Å². The van der Waals surface area contributed by atoms with Crippen molar-refractivity contribution in [3.63, 3.8) is 0 Å². The number of carbonyl (C=O) groups excluding carboxylic acids is 2. The summed E-state index contributed by atoms with van der Waals surface area (Å²) in [6.45, 7) is 4.99. The van der Waals surface area contributed by atoms with Crippen molar-refractivity contribution in [3.8, 4) is 0 Å². The zero-order valence-electron chi connectivity index (χ0n) is 20.2. The molecule has 0 aliphatic carbocycles. The quantitative estimate of drug-likeness (QED) is 0.238. The van der Waals surface area contributed by atoms with E-state index in [9.17, 15) is 9.59 Å². The number of aromatic nitrogens is 1. The van der Waals surface area contributed by atoms with Crippen molar-refractivity contribution in [2.75, 3.05) is 16.4 Å². The first-order valence-electron chi connectivity index (χ1n) is 11.9. The van der Waals surface area contributed by atoms with E-state index >= 15 is 0 Å². The van der Waals surface area contributed by atoms with Gasteiger partial charge in [0, 0.05) is 50.2 Å². The third-order valence-corrected chi connectivity index (χ3v) is 7.11. The lowest BCUT2D eigenvalue weighted by Gasteiger charge is -2.09. The highest BCUT2D eigenvalue weighted by Crippen LogP contribution is 2.31. The Balaban J connectivity index is 1.24. The Kier molecular flexibility index (Phi) is 6.78. The zero-order valence-corrected chi connectivity index (χ0v) is 21.1. The van der Waals surface area contributed by atoms with Crippen LogP contribution in [-0.4, -0.2) is 22.1 Å². The number of hydrogen-bond acceptors (Lipinski definition) is 3. The summed E-state index contributed by atoms with van der Waals surface area (Å²) in [5, 5.41) is 8.29. The van der Waals surface area contributed by atoms with Crippen LogP contribution < -0.4 is 10.6 Å². The van der Waals surface area contributed by atoms with E-state index in [0.717, 1.165) is 33.6 Å². The van der Waals surface area contributed by atoms with Gasteiger partial charge in [0.1, 0.15) is 0 Å². The summed E-state index contributed by atoms with van der Waals surface area (Å²) in [5.41, 5.74) is 5.50. The van der Waals surface area contributed by atoms with Gasteiger partial charge in [-0.15, -0.1) is 11.8 Å². The molecular weight excluding hydrogens is 466 g/mol. The minimum atomic E-state index is -0.154. The number of nitrogens with zero attached hydrogens (tertiary/aromatic N) is 1. The van der Waals surface area contributed by atoms with Crippen molar-refractivity contribution in [2.24, 2.45) is 0 Å². The van der Waals surface area contributed by atoms with Gasteiger partial charge in [0.2, 0.25) is 5.91 Å². The molecule has 180 valence electrons. The van der Waals surface area contributed by atoms with Gasteiger partial charge in [-0.3, -0.25) is 9.59 Å². The van der Waals surface area contributed by atoms with E-state index in [0.29, 0.717) is 11.3 Å². The van der Waals surface area contributed by atoms with Crippen molar-refractivity contribution in [1.29, 1.82) is 0 Å². The number of amides is 2. The highest BCUT2D eigenvalue weighted by atomic mass is 32.2. The van der Waals surface area contributed by atoms with Crippen LogP contribution in [0.1, 0.15) is 22.8 Å². The van der Waals surface area contributed by atoms with Gasteiger partial charge in [0.05, 0.1) is 5.75 Å². The Morgan fingerprint density at radius 3 is 2.39 bits per heavy atom. The highest BCUT2D eigenvalue weighted by Gasteiger charge is 2.12. The molecule has 5 rings (SSSR count). The Morgan fingerprint density at radius 1 is 0.778 bits per heavy atom. The van der Waals surface area contributed by atoms with Crippen molar-refractivity contribution in [1.82, 2.24) is 4.57 Å². The molecule has 36 heavy (non-hydrogen) atoms. The summed E-state index contributed by atoms with van der Waals surface area (Å²) in [6.07, 6.45) is 0. The number of benzene rings is 4. The number of nitrogens with one attached hydrogen (secondary N) is 2. The monoisotopic (exact) mass is 493 g/mol. The molecule has 0 atom stereocenters. The SMILES string of the molecule is CCn1c2ccccc2c2cc(NC(=O)CSc3cccc(NC(=O)c4cccc(C)c4)c3)ccc21. The largest absolute Gasteiger partial charge is 0.341 e. The lowest BCUT2D eigenvalue weighted by molar-refractivity contribution is -0.113. The van der Waals surface area contributed by atoms with Crippen molar-refractivity contribution in [2.45, 2.75) is 25.3 Å². The van der Waals surface area contributed by atoms with E-state index < -0.39 is 0 Å². The van der Waals surface area contributed by atoms with Crippen LogP contribution in [0.3, 0.4) is 0 Å². The number of carbonyl (C=O) groups is 2. The van der Waals surface area contributed by atoms with Crippen molar-refractivity contribution < 1.29 is 9.59 Å². The third-order valence-electron chi connectivity index (χ3n) is 6.11. The van der Waals surface area contributed by atoms with Gasteiger partial charge < -0.3 is 15.2 Å². The lowest BCUT2D eigenvalue weighted by Crippen LogP contribution is -2.14. The minimum absolute atomic E-state index is 0.0761. The highest BCUT2D eigenvalue weighted by molar-refractivity contribution is 8.00. The molecule has 0 spiro atoms. The maximum atomic E-state index is 12.7. The first-order valence-corrected chi connectivity index (χ1v) is 12.9. The molecule has 2 amide bonds. The molecule has 1 aromatic heterocycles. The Hall–Kier alpha value is -4.03. The normalized spacial score (nSPS) is 11.1. The van der Waals surface area contributed by atoms with E-state index in [4.69, 9.17) is 0 Å². The average Bonchev–Trinajstić information content (AvgIpc) is 3.20. The van der Waals surface area contributed by atoms with Gasteiger partial charge in [-0.05, 0) is 68.4 Å². The average molecular weight is 494 g/mol. The topological polar surface area (TPSA) is 63.1 Å². The summed E-state index contributed by atoms with van der Waals surface area (Å²) in [6, 6.07) is 29.5. The Labute approximate surface area is 214 Å². The van der Waals surface area contributed by atoms with Crippen LogP contribution in [0.4, 0.5) is 11.4 Å². The summed E-state index contributed by atoms with van der Waals surface area (Å²) < 4.78 is 2.29. The number of fused-ring (bicyclic) bond motifs is 3. The molecule has 0 saturated heterocycles. The van der Waals surface area contributed by atoms with Crippen LogP contribution in [-0.2, 0) is 11.3 Å². The summed E-state index contributed by atoms with van der Waals surface area (Å²) in [5.74, 6) is 0.0375. The second-order valence-electron chi connectivity index (χ2n) is 8.68. The maximum Gasteiger partial charge on any atom is 0.255 e. The molecule has 0 aliphatic heterocycles. The van der Waals surface area contributed by atoms with Gasteiger partial charge in [-0.2, -0.15) is 0 Å². The lowest BCUT2D eigenvalue weighted by atomic mass is 10.1. The van der Waals surface area contributed by atoms with Crippen LogP contribution in [0.15, 0.2) is 95.9 Å². The Bertz CT molecular complexity index is 1590. The molecule has 0 fully saturated rings. The Morgan fingerprint density at radius 2 is 1.56 bits per heavy atom. The van der Waals surface area contributed by atoms with Crippen LogP contribution in [0.2, 0.25) is 0 Å². The molecule has 6 heteroatoms. The van der Waals surface area contributed by atoms with E-state index in [-0.39, 0.29) is 17.6 Å². The number of para-hydroxylation sites is 1. The number of thioether (sulfide) groups is 1. The first kappa shape index (κ1) is 23.7. The molecule has 0 radical (unpaired) electrons. The molecule has 2 N–H and O–H groups in total. The second-order valence-corrected chi connectivity index (χ2v) is 9.73. The predicted octanol–water partition coefficient (Wildman–Crippen LogP) is 7.11. The number of hydrogen-bond donors (Lipinski definition) is 2. The molecule has 5 nitrogen and oxygen atoms in total. The molecule has 5 aromatic rings. The van der Waals surface area contributed by atoms with Gasteiger partial charge in [0.15, 0.2) is 0 Å². The van der Waals surface area contributed by atoms with Gasteiger partial charge in [-0.1, -0.05) is 42.0 Å². The standard InChI is InChI=1S/C30H27N3O2S/c1-3-33-27-13-5-4-12-25(27)26-18-23(14-15-28(26)33)31-29(34)19-36-24-11-7-10-22(17-24)32-30(35)21-9-6-8-20(2)16-21/h4-18H,3,19H2,1-2H3,(H,31,34)(H,32,35). The first-order chi connectivity index (χ1) is 17.5. The molecule has 0 saturated carbocycles. The number of anilines is 2. The van der Waals surface area contributed by atoms with Gasteiger partial charge in [-0.25, -0.2) is 0 Å². The van der Waals surface area contributed by atoms with Gasteiger partial charge in [0.25, 0.3) is 5.91 Å². The zero-order chi connectivity index (χ0) is 25.1. The molecule has 4 aromatic carbocycles. The predicted molar refractivity (Wildman–Crippen MR) is 150 cm³/mol. The molecule has 0 bridgehead atoms. The fourth-order valence-corrected chi connectivity index (χ4v) is 5.23. The molecule has 0 unspecified atom stereocenters. The maximum absolute atomic E-state index is 12.7. The number of aryl methyl sites for hydroxylation is 2. The third kappa shape index (κ3) is 4.99. The van der Waals surface area contributed by atoms with Crippen LogP contribution in [0, 0.1) is 6.92 Å². The summed E-state index contributed by atoms with van der Waals surface area (Å²) in [4.78, 5) is 26.2. The fraction of sp³-hybridized carbons (Fsp3) is 0.133. The van der Waals surface area contributed by atoms with Crippen molar-refractivity contribution in [3.05, 3.63) is 102 Å². The molecular formula is C30H27N3O2S. The van der Waals surface area contributed by atoms with E-state index in [2.05, 4.69) is 46.4 Å². The molecule has 1 heterocycles. The summed E-state index contributed by atoms with van der Waals surface area (Å²) >= 11 is 1.43. The van der Waals surface area contributed by atoms with Crippen LogP contribution >= 0.6 is 11.8 Å². The summed E-state index contributed by atoms with van der Waals surface area (Å²) in [7, 11) is 0. The fourth-order valence-electron chi connectivity index (χ4n) is 4.47. The van der Waals surface area contributed by atoms with Crippen LogP contribution in [0.25, 0.3) is 21.8 Å². The van der Waals surface area contributed by atoms with E-state index in [1.165, 1.54) is 22.7 Å². The van der Waals surface area contributed by atoms with E-state index in [1.807, 2.05) is 67.6 Å².